The predicted molar refractivity (Wildman–Crippen MR) is 89.2 cm³/mol. The first kappa shape index (κ1) is 15.4. The number of nitrogens with zero attached hydrogens (tertiary/aromatic N) is 5. The van der Waals surface area contributed by atoms with Crippen molar-refractivity contribution in [2.75, 3.05) is 19.7 Å². The number of aryl methyl sites for hydroxylation is 2. The normalized spacial score (nSPS) is 19.2. The van der Waals surface area contributed by atoms with Crippen LogP contribution in [-0.2, 0) is 11.3 Å². The number of rotatable bonds is 3. The summed E-state index contributed by atoms with van der Waals surface area (Å²) in [6.45, 7) is 6.49. The van der Waals surface area contributed by atoms with Crippen molar-refractivity contribution >= 4 is 16.3 Å². The summed E-state index contributed by atoms with van der Waals surface area (Å²) in [7, 11) is 0. The van der Waals surface area contributed by atoms with E-state index in [1.807, 2.05) is 19.2 Å². The Bertz CT molecular complexity index is 930. The van der Waals surface area contributed by atoms with E-state index in [9.17, 15) is 4.79 Å². The number of nitrogens with one attached hydrogen (secondary N) is 1. The van der Waals surface area contributed by atoms with Crippen LogP contribution < -0.4 is 5.56 Å². The summed E-state index contributed by atoms with van der Waals surface area (Å²) in [6.07, 6.45) is -0.155. The van der Waals surface area contributed by atoms with Crippen molar-refractivity contribution in [3.8, 4) is 0 Å². The quantitative estimate of drug-likeness (QED) is 0.763. The zero-order chi connectivity index (χ0) is 16.7. The third kappa shape index (κ3) is 2.85. The van der Waals surface area contributed by atoms with Crippen molar-refractivity contribution in [2.45, 2.75) is 26.5 Å². The van der Waals surface area contributed by atoms with Crippen LogP contribution in [0.15, 0.2) is 16.2 Å². The summed E-state index contributed by atoms with van der Waals surface area (Å²) in [4.78, 5) is 24.2. The highest BCUT2D eigenvalue weighted by Crippen LogP contribution is 2.20. The third-order valence-corrected chi connectivity index (χ3v) is 5.01. The van der Waals surface area contributed by atoms with Gasteiger partial charge in [-0.3, -0.25) is 19.2 Å². The van der Waals surface area contributed by atoms with Crippen molar-refractivity contribution in [3.05, 3.63) is 44.8 Å². The van der Waals surface area contributed by atoms with Gasteiger partial charge in [0.05, 0.1) is 12.3 Å². The van der Waals surface area contributed by atoms with Crippen LogP contribution in [0.2, 0.25) is 0 Å². The van der Waals surface area contributed by atoms with Gasteiger partial charge in [0.2, 0.25) is 0 Å². The summed E-state index contributed by atoms with van der Waals surface area (Å²) < 4.78 is 7.42. The van der Waals surface area contributed by atoms with Crippen molar-refractivity contribution in [1.29, 1.82) is 0 Å². The first-order chi connectivity index (χ1) is 11.6. The van der Waals surface area contributed by atoms with Crippen molar-refractivity contribution in [1.82, 2.24) is 29.5 Å². The second-order valence-electron chi connectivity index (χ2n) is 5.95. The second kappa shape index (κ2) is 6.08. The average Bonchev–Trinajstić information content (AvgIpc) is 3.14. The summed E-state index contributed by atoms with van der Waals surface area (Å²) in [5.41, 5.74) is 1.68. The van der Waals surface area contributed by atoms with Gasteiger partial charge in [-0.05, 0) is 13.8 Å². The molecule has 1 aliphatic heterocycles. The van der Waals surface area contributed by atoms with Gasteiger partial charge < -0.3 is 4.74 Å². The molecule has 24 heavy (non-hydrogen) atoms. The van der Waals surface area contributed by atoms with E-state index in [1.165, 1.54) is 11.3 Å². The van der Waals surface area contributed by atoms with Gasteiger partial charge >= 0.3 is 0 Å². The first-order valence-electron chi connectivity index (χ1n) is 7.80. The summed E-state index contributed by atoms with van der Waals surface area (Å²) in [6, 6.07) is 1.62. The summed E-state index contributed by atoms with van der Waals surface area (Å²) >= 11 is 1.49. The maximum atomic E-state index is 12.3. The van der Waals surface area contributed by atoms with E-state index < -0.39 is 0 Å². The molecule has 9 heteroatoms. The highest BCUT2D eigenvalue weighted by atomic mass is 32.1. The van der Waals surface area contributed by atoms with Crippen LogP contribution in [0, 0.1) is 13.8 Å². The Hall–Kier alpha value is -2.10. The minimum absolute atomic E-state index is 0.0249. The number of fused-ring (bicyclic) bond motifs is 1. The molecule has 0 radical (unpaired) electrons. The molecular formula is C15H18N6O2S. The Morgan fingerprint density at radius 3 is 3.08 bits per heavy atom. The monoisotopic (exact) mass is 346 g/mol. The molecule has 4 heterocycles. The lowest BCUT2D eigenvalue weighted by molar-refractivity contribution is -0.0374. The molecule has 1 unspecified atom stereocenters. The van der Waals surface area contributed by atoms with Crippen LogP contribution in [0.3, 0.4) is 0 Å². The Labute approximate surface area is 142 Å². The highest BCUT2D eigenvalue weighted by Gasteiger charge is 2.25. The van der Waals surface area contributed by atoms with E-state index in [0.717, 1.165) is 28.7 Å². The predicted octanol–water partition coefficient (Wildman–Crippen LogP) is 1.06. The fraction of sp³-hybridized carbons (Fsp3) is 0.467. The molecule has 4 rings (SSSR count). The molecule has 1 atom stereocenters. The number of hydrogen-bond donors (Lipinski definition) is 1. The van der Waals surface area contributed by atoms with Gasteiger partial charge in [-0.25, -0.2) is 9.97 Å². The van der Waals surface area contributed by atoms with Crippen LogP contribution in [0.1, 0.15) is 29.1 Å². The van der Waals surface area contributed by atoms with Crippen LogP contribution in [0.5, 0.6) is 0 Å². The molecule has 0 bridgehead atoms. The van der Waals surface area contributed by atoms with Gasteiger partial charge in [0.15, 0.2) is 10.8 Å². The largest absolute Gasteiger partial charge is 0.367 e. The maximum absolute atomic E-state index is 12.3. The molecular weight excluding hydrogens is 328 g/mol. The van der Waals surface area contributed by atoms with E-state index in [-0.39, 0.29) is 11.7 Å². The SMILES string of the molecule is Cc1nc(C2CN(Cc3cc(=O)n4c(C)csc4n3)CCO2)n[nH]1. The van der Waals surface area contributed by atoms with Crippen LogP contribution in [0.25, 0.3) is 4.96 Å². The third-order valence-electron chi connectivity index (χ3n) is 4.07. The van der Waals surface area contributed by atoms with E-state index in [4.69, 9.17) is 4.74 Å². The standard InChI is InChI=1S/C15H18N6O2S/c1-9-8-24-15-17-11(5-13(22)21(9)15)6-20-3-4-23-12(7-20)14-16-10(2)18-19-14/h5,8,12H,3-4,6-7H2,1-2H3,(H,16,18,19). The molecule has 3 aromatic heterocycles. The van der Waals surface area contributed by atoms with E-state index in [0.29, 0.717) is 25.5 Å². The summed E-state index contributed by atoms with van der Waals surface area (Å²) in [5, 5.41) is 8.98. The van der Waals surface area contributed by atoms with Crippen LogP contribution in [0.4, 0.5) is 0 Å². The molecule has 3 aromatic rings. The Balaban J connectivity index is 1.53. The van der Waals surface area contributed by atoms with Gasteiger partial charge in [0.1, 0.15) is 11.9 Å². The lowest BCUT2D eigenvalue weighted by atomic mass is 10.2. The van der Waals surface area contributed by atoms with Crippen molar-refractivity contribution in [3.63, 3.8) is 0 Å². The molecule has 0 aromatic carbocycles. The fourth-order valence-electron chi connectivity index (χ4n) is 2.92. The van der Waals surface area contributed by atoms with Crippen LogP contribution >= 0.6 is 11.3 Å². The number of aromatic amines is 1. The summed E-state index contributed by atoms with van der Waals surface area (Å²) in [5.74, 6) is 1.45. The number of morpholine rings is 1. The molecule has 1 fully saturated rings. The second-order valence-corrected chi connectivity index (χ2v) is 6.79. The average molecular weight is 346 g/mol. The van der Waals surface area contributed by atoms with E-state index in [1.54, 1.807) is 10.5 Å². The molecule has 126 valence electrons. The van der Waals surface area contributed by atoms with Crippen molar-refractivity contribution < 1.29 is 4.74 Å². The smallest absolute Gasteiger partial charge is 0.259 e. The molecule has 0 aliphatic carbocycles. The first-order valence-corrected chi connectivity index (χ1v) is 8.68. The molecule has 8 nitrogen and oxygen atoms in total. The number of ether oxygens (including phenoxy) is 1. The fourth-order valence-corrected chi connectivity index (χ4v) is 3.81. The van der Waals surface area contributed by atoms with Gasteiger partial charge in [0, 0.05) is 36.8 Å². The Morgan fingerprint density at radius 2 is 2.29 bits per heavy atom. The maximum Gasteiger partial charge on any atom is 0.259 e. The van der Waals surface area contributed by atoms with Gasteiger partial charge in [-0.1, -0.05) is 0 Å². The van der Waals surface area contributed by atoms with Gasteiger partial charge in [-0.2, -0.15) is 5.10 Å². The number of hydrogen-bond acceptors (Lipinski definition) is 7. The zero-order valence-electron chi connectivity index (χ0n) is 13.5. The molecule has 0 amide bonds. The molecule has 1 N–H and O–H groups in total. The molecule has 1 saturated heterocycles. The molecule has 1 aliphatic rings. The number of thiazole rings is 1. The lowest BCUT2D eigenvalue weighted by Crippen LogP contribution is -2.38. The minimum atomic E-state index is -0.155. The van der Waals surface area contributed by atoms with Gasteiger partial charge in [0.25, 0.3) is 5.56 Å². The minimum Gasteiger partial charge on any atom is -0.367 e. The van der Waals surface area contributed by atoms with Gasteiger partial charge in [-0.15, -0.1) is 11.3 Å². The number of H-pyrrole nitrogens is 1. The number of aromatic nitrogens is 5. The molecule has 0 spiro atoms. The highest BCUT2D eigenvalue weighted by molar-refractivity contribution is 7.15. The molecule has 0 saturated carbocycles. The van der Waals surface area contributed by atoms with Crippen molar-refractivity contribution in [2.24, 2.45) is 0 Å². The zero-order valence-corrected chi connectivity index (χ0v) is 14.3. The van der Waals surface area contributed by atoms with E-state index >= 15 is 0 Å². The van der Waals surface area contributed by atoms with Crippen LogP contribution in [-0.4, -0.2) is 49.2 Å². The van der Waals surface area contributed by atoms with E-state index in [2.05, 4.69) is 25.1 Å². The topological polar surface area (TPSA) is 88.4 Å². The lowest BCUT2D eigenvalue weighted by Gasteiger charge is -2.31. The Kier molecular flexibility index (Phi) is 3.91. The Morgan fingerprint density at radius 1 is 1.42 bits per heavy atom.